The molecule has 0 aromatic heterocycles. The SMILES string of the molecule is CCCNCC(C)(C)CN1CCN(C(C)C)CC1. The maximum Gasteiger partial charge on any atom is 0.0113 e. The summed E-state index contributed by atoms with van der Waals surface area (Å²) in [7, 11) is 0. The maximum absolute atomic E-state index is 3.55. The molecule has 0 aromatic carbocycles. The van der Waals surface area contributed by atoms with Gasteiger partial charge in [0.15, 0.2) is 0 Å². The van der Waals surface area contributed by atoms with Crippen LogP contribution in [0.15, 0.2) is 0 Å². The summed E-state index contributed by atoms with van der Waals surface area (Å²) in [6.07, 6.45) is 1.23. The van der Waals surface area contributed by atoms with Crippen molar-refractivity contribution in [1.29, 1.82) is 0 Å². The lowest BCUT2D eigenvalue weighted by Gasteiger charge is -2.40. The van der Waals surface area contributed by atoms with Gasteiger partial charge in [0.2, 0.25) is 0 Å². The van der Waals surface area contributed by atoms with Crippen molar-refractivity contribution in [3.8, 4) is 0 Å². The van der Waals surface area contributed by atoms with Crippen LogP contribution in [0.25, 0.3) is 0 Å². The number of rotatable bonds is 7. The second-order valence-corrected chi connectivity index (χ2v) is 6.75. The van der Waals surface area contributed by atoms with Crippen LogP contribution in [0.2, 0.25) is 0 Å². The lowest BCUT2D eigenvalue weighted by molar-refractivity contribution is 0.0802. The fourth-order valence-corrected chi connectivity index (χ4v) is 2.70. The number of piperazine rings is 1. The molecular weight excluding hydrogens is 222 g/mol. The second kappa shape index (κ2) is 7.46. The lowest BCUT2D eigenvalue weighted by atomic mass is 9.92. The molecule has 0 unspecified atom stereocenters. The van der Waals surface area contributed by atoms with Crippen LogP contribution in [-0.2, 0) is 0 Å². The first kappa shape index (κ1) is 15.9. The summed E-state index contributed by atoms with van der Waals surface area (Å²) < 4.78 is 0. The second-order valence-electron chi connectivity index (χ2n) is 6.75. The van der Waals surface area contributed by atoms with Crippen LogP contribution >= 0.6 is 0 Å². The van der Waals surface area contributed by atoms with Gasteiger partial charge in [-0.2, -0.15) is 0 Å². The Bertz CT molecular complexity index is 218. The zero-order chi connectivity index (χ0) is 13.6. The average Bonchev–Trinajstić information content (AvgIpc) is 2.29. The van der Waals surface area contributed by atoms with E-state index in [9.17, 15) is 0 Å². The van der Waals surface area contributed by atoms with E-state index in [1.165, 1.54) is 39.1 Å². The third kappa shape index (κ3) is 5.68. The molecule has 0 saturated carbocycles. The molecule has 0 bridgehead atoms. The number of hydrogen-bond donors (Lipinski definition) is 1. The highest BCUT2D eigenvalue weighted by molar-refractivity contribution is 4.81. The van der Waals surface area contributed by atoms with Crippen LogP contribution in [0.3, 0.4) is 0 Å². The number of hydrogen-bond acceptors (Lipinski definition) is 3. The van der Waals surface area contributed by atoms with Crippen molar-refractivity contribution in [1.82, 2.24) is 15.1 Å². The van der Waals surface area contributed by atoms with Gasteiger partial charge in [0.05, 0.1) is 0 Å². The van der Waals surface area contributed by atoms with Gasteiger partial charge in [-0.15, -0.1) is 0 Å². The first-order chi connectivity index (χ1) is 8.44. The summed E-state index contributed by atoms with van der Waals surface area (Å²) in [6.45, 7) is 20.0. The molecule has 0 amide bonds. The van der Waals surface area contributed by atoms with Gasteiger partial charge in [-0.3, -0.25) is 4.90 Å². The van der Waals surface area contributed by atoms with Crippen LogP contribution in [-0.4, -0.2) is 61.7 Å². The van der Waals surface area contributed by atoms with Crippen molar-refractivity contribution < 1.29 is 0 Å². The molecule has 0 aromatic rings. The van der Waals surface area contributed by atoms with Crippen molar-refractivity contribution in [2.24, 2.45) is 5.41 Å². The van der Waals surface area contributed by atoms with Crippen molar-refractivity contribution >= 4 is 0 Å². The van der Waals surface area contributed by atoms with Gasteiger partial charge in [0.25, 0.3) is 0 Å². The van der Waals surface area contributed by atoms with Crippen LogP contribution < -0.4 is 5.32 Å². The summed E-state index contributed by atoms with van der Waals surface area (Å²) in [4.78, 5) is 5.21. The molecule has 1 aliphatic rings. The summed E-state index contributed by atoms with van der Waals surface area (Å²) in [5, 5.41) is 3.55. The molecule has 3 nitrogen and oxygen atoms in total. The van der Waals surface area contributed by atoms with Crippen molar-refractivity contribution in [3.05, 3.63) is 0 Å². The third-order valence-electron chi connectivity index (χ3n) is 3.82. The molecule has 1 saturated heterocycles. The van der Waals surface area contributed by atoms with E-state index in [4.69, 9.17) is 0 Å². The molecule has 0 aliphatic carbocycles. The highest BCUT2D eigenvalue weighted by Gasteiger charge is 2.25. The fraction of sp³-hybridized carbons (Fsp3) is 1.00. The van der Waals surface area contributed by atoms with Gasteiger partial charge in [0.1, 0.15) is 0 Å². The van der Waals surface area contributed by atoms with Gasteiger partial charge in [-0.25, -0.2) is 0 Å². The molecule has 0 atom stereocenters. The first-order valence-electron chi connectivity index (χ1n) is 7.62. The van der Waals surface area contributed by atoms with E-state index >= 15 is 0 Å². The van der Waals surface area contributed by atoms with E-state index in [0.29, 0.717) is 11.5 Å². The quantitative estimate of drug-likeness (QED) is 0.702. The van der Waals surface area contributed by atoms with Crippen molar-refractivity contribution in [2.45, 2.75) is 47.1 Å². The molecule has 3 heteroatoms. The number of nitrogens with zero attached hydrogens (tertiary/aromatic N) is 2. The molecule has 108 valence electrons. The van der Waals surface area contributed by atoms with Crippen molar-refractivity contribution in [2.75, 3.05) is 45.8 Å². The predicted molar refractivity (Wildman–Crippen MR) is 80.1 cm³/mol. The molecule has 1 heterocycles. The molecule has 1 rings (SSSR count). The minimum atomic E-state index is 0.384. The highest BCUT2D eigenvalue weighted by Crippen LogP contribution is 2.17. The molecule has 1 N–H and O–H groups in total. The molecule has 0 radical (unpaired) electrons. The summed E-state index contributed by atoms with van der Waals surface area (Å²) in [6, 6.07) is 0.700. The smallest absolute Gasteiger partial charge is 0.0113 e. The Labute approximate surface area is 114 Å². The van der Waals surface area contributed by atoms with E-state index in [2.05, 4.69) is 49.7 Å². The summed E-state index contributed by atoms with van der Waals surface area (Å²) in [5.74, 6) is 0. The van der Waals surface area contributed by atoms with Crippen LogP contribution in [0, 0.1) is 5.41 Å². The minimum Gasteiger partial charge on any atom is -0.316 e. The van der Waals surface area contributed by atoms with Crippen molar-refractivity contribution in [3.63, 3.8) is 0 Å². The number of nitrogens with one attached hydrogen (secondary N) is 1. The monoisotopic (exact) mass is 255 g/mol. The Balaban J connectivity index is 2.26. The van der Waals surface area contributed by atoms with E-state index in [-0.39, 0.29) is 0 Å². The lowest BCUT2D eigenvalue weighted by Crippen LogP contribution is -2.52. The standard InChI is InChI=1S/C15H33N3/c1-6-7-16-12-15(4,5)13-17-8-10-18(11-9-17)14(2)3/h14,16H,6-13H2,1-5H3. The molecule has 1 aliphatic heterocycles. The zero-order valence-electron chi connectivity index (χ0n) is 13.1. The van der Waals surface area contributed by atoms with Gasteiger partial charge in [-0.1, -0.05) is 20.8 Å². The van der Waals surface area contributed by atoms with Gasteiger partial charge >= 0.3 is 0 Å². The Morgan fingerprint density at radius 2 is 1.72 bits per heavy atom. The van der Waals surface area contributed by atoms with Crippen LogP contribution in [0.4, 0.5) is 0 Å². The highest BCUT2D eigenvalue weighted by atomic mass is 15.3. The van der Waals surface area contributed by atoms with Crippen LogP contribution in [0.1, 0.15) is 41.0 Å². The van der Waals surface area contributed by atoms with Gasteiger partial charge in [-0.05, 0) is 32.2 Å². The molecule has 0 spiro atoms. The fourth-order valence-electron chi connectivity index (χ4n) is 2.70. The van der Waals surface area contributed by atoms with Gasteiger partial charge < -0.3 is 10.2 Å². The normalized spacial score (nSPS) is 19.7. The van der Waals surface area contributed by atoms with E-state index in [1.807, 2.05) is 0 Å². The molecule has 18 heavy (non-hydrogen) atoms. The van der Waals surface area contributed by atoms with E-state index in [1.54, 1.807) is 0 Å². The Morgan fingerprint density at radius 1 is 1.11 bits per heavy atom. The maximum atomic E-state index is 3.55. The Kier molecular flexibility index (Phi) is 6.61. The van der Waals surface area contributed by atoms with Gasteiger partial charge in [0, 0.05) is 45.3 Å². The topological polar surface area (TPSA) is 18.5 Å². The first-order valence-corrected chi connectivity index (χ1v) is 7.62. The Hall–Kier alpha value is -0.120. The van der Waals surface area contributed by atoms with E-state index < -0.39 is 0 Å². The zero-order valence-corrected chi connectivity index (χ0v) is 13.1. The average molecular weight is 255 g/mol. The third-order valence-corrected chi connectivity index (χ3v) is 3.82. The summed E-state index contributed by atoms with van der Waals surface area (Å²) in [5.41, 5.74) is 0.384. The van der Waals surface area contributed by atoms with Crippen LogP contribution in [0.5, 0.6) is 0 Å². The molecular formula is C15H33N3. The van der Waals surface area contributed by atoms with E-state index in [0.717, 1.165) is 13.1 Å². The Morgan fingerprint density at radius 3 is 2.22 bits per heavy atom. The summed E-state index contributed by atoms with van der Waals surface area (Å²) >= 11 is 0. The predicted octanol–water partition coefficient (Wildman–Crippen LogP) is 2.04. The minimum absolute atomic E-state index is 0.384. The molecule has 1 fully saturated rings. The largest absolute Gasteiger partial charge is 0.316 e.